The molecule has 0 saturated carbocycles. The SMILES string of the molecule is Cc1cncc(C(NN)c2c(F)ccc(Br)c2F)c1. The van der Waals surface area contributed by atoms with Gasteiger partial charge < -0.3 is 0 Å². The summed E-state index contributed by atoms with van der Waals surface area (Å²) >= 11 is 3.04. The second kappa shape index (κ2) is 5.73. The van der Waals surface area contributed by atoms with E-state index < -0.39 is 17.7 Å². The minimum Gasteiger partial charge on any atom is -0.271 e. The predicted octanol–water partition coefficient (Wildman–Crippen LogP) is 2.98. The Morgan fingerprint density at radius 3 is 2.68 bits per heavy atom. The summed E-state index contributed by atoms with van der Waals surface area (Å²) in [6, 6.07) is 3.48. The van der Waals surface area contributed by atoms with E-state index in [4.69, 9.17) is 5.84 Å². The number of rotatable bonds is 3. The van der Waals surface area contributed by atoms with Gasteiger partial charge >= 0.3 is 0 Å². The molecule has 1 unspecified atom stereocenters. The van der Waals surface area contributed by atoms with Crippen LogP contribution in [0.5, 0.6) is 0 Å². The number of nitrogens with zero attached hydrogens (tertiary/aromatic N) is 1. The topological polar surface area (TPSA) is 50.9 Å². The van der Waals surface area contributed by atoms with E-state index in [9.17, 15) is 8.78 Å². The molecule has 1 aromatic carbocycles. The van der Waals surface area contributed by atoms with Crippen LogP contribution >= 0.6 is 15.9 Å². The Hall–Kier alpha value is -1.37. The molecule has 1 atom stereocenters. The van der Waals surface area contributed by atoms with Crippen LogP contribution in [0.1, 0.15) is 22.7 Å². The summed E-state index contributed by atoms with van der Waals surface area (Å²) in [5.41, 5.74) is 3.77. The van der Waals surface area contributed by atoms with Gasteiger partial charge in [0, 0.05) is 18.0 Å². The summed E-state index contributed by atoms with van der Waals surface area (Å²) in [7, 11) is 0. The van der Waals surface area contributed by atoms with Crippen molar-refractivity contribution in [2.24, 2.45) is 5.84 Å². The monoisotopic (exact) mass is 327 g/mol. The fourth-order valence-corrected chi connectivity index (χ4v) is 2.24. The van der Waals surface area contributed by atoms with Crippen molar-refractivity contribution in [3.05, 3.63) is 63.4 Å². The van der Waals surface area contributed by atoms with E-state index in [-0.39, 0.29) is 10.0 Å². The Morgan fingerprint density at radius 1 is 1.32 bits per heavy atom. The van der Waals surface area contributed by atoms with Crippen LogP contribution in [0.15, 0.2) is 35.1 Å². The van der Waals surface area contributed by atoms with Gasteiger partial charge in [-0.05, 0) is 46.1 Å². The summed E-state index contributed by atoms with van der Waals surface area (Å²) in [5.74, 6) is 4.11. The van der Waals surface area contributed by atoms with Gasteiger partial charge in [-0.25, -0.2) is 14.2 Å². The molecule has 0 spiro atoms. The van der Waals surface area contributed by atoms with Crippen molar-refractivity contribution in [3.63, 3.8) is 0 Å². The predicted molar refractivity (Wildman–Crippen MR) is 72.2 cm³/mol. The Morgan fingerprint density at radius 2 is 2.05 bits per heavy atom. The van der Waals surface area contributed by atoms with Crippen LogP contribution in [0.2, 0.25) is 0 Å². The quantitative estimate of drug-likeness (QED) is 0.517. The first-order chi connectivity index (χ1) is 9.04. The third kappa shape index (κ3) is 2.80. The number of nitrogens with one attached hydrogen (secondary N) is 1. The maximum Gasteiger partial charge on any atom is 0.145 e. The molecule has 1 heterocycles. The zero-order valence-corrected chi connectivity index (χ0v) is 11.7. The van der Waals surface area contributed by atoms with Gasteiger partial charge in [0.05, 0.1) is 10.5 Å². The molecule has 0 aliphatic rings. The lowest BCUT2D eigenvalue weighted by Crippen LogP contribution is -2.30. The fourth-order valence-electron chi connectivity index (χ4n) is 1.89. The Kier molecular flexibility index (Phi) is 4.24. The highest BCUT2D eigenvalue weighted by Crippen LogP contribution is 2.30. The number of hydrogen-bond acceptors (Lipinski definition) is 3. The van der Waals surface area contributed by atoms with Gasteiger partial charge in [-0.1, -0.05) is 6.07 Å². The zero-order chi connectivity index (χ0) is 14.0. The highest BCUT2D eigenvalue weighted by Gasteiger charge is 2.23. The Balaban J connectivity index is 2.57. The van der Waals surface area contributed by atoms with Crippen LogP contribution in [-0.2, 0) is 0 Å². The van der Waals surface area contributed by atoms with Crippen molar-refractivity contribution in [2.45, 2.75) is 13.0 Å². The Labute approximate surface area is 117 Å². The molecule has 19 heavy (non-hydrogen) atoms. The average Bonchev–Trinajstić information content (AvgIpc) is 2.39. The van der Waals surface area contributed by atoms with Gasteiger partial charge in [-0.15, -0.1) is 0 Å². The maximum absolute atomic E-state index is 14.1. The fraction of sp³-hybridized carbons (Fsp3) is 0.154. The van der Waals surface area contributed by atoms with Gasteiger partial charge in [0.2, 0.25) is 0 Å². The number of aryl methyl sites for hydroxylation is 1. The molecular formula is C13H12BrF2N3. The van der Waals surface area contributed by atoms with E-state index in [2.05, 4.69) is 26.3 Å². The third-order valence-corrected chi connectivity index (χ3v) is 3.38. The van der Waals surface area contributed by atoms with E-state index in [0.29, 0.717) is 5.56 Å². The number of halogens is 3. The summed E-state index contributed by atoms with van der Waals surface area (Å²) in [6.07, 6.45) is 3.18. The lowest BCUT2D eigenvalue weighted by Gasteiger charge is -2.18. The van der Waals surface area contributed by atoms with Gasteiger partial charge in [0.25, 0.3) is 0 Å². The van der Waals surface area contributed by atoms with Crippen molar-refractivity contribution in [2.75, 3.05) is 0 Å². The molecular weight excluding hydrogens is 316 g/mol. The normalized spacial score (nSPS) is 12.5. The molecule has 0 aliphatic heterocycles. The lowest BCUT2D eigenvalue weighted by molar-refractivity contribution is 0.507. The van der Waals surface area contributed by atoms with E-state index in [1.807, 2.05) is 6.92 Å². The van der Waals surface area contributed by atoms with Crippen molar-refractivity contribution in [1.82, 2.24) is 10.4 Å². The standard InChI is InChI=1S/C13H12BrF2N3/c1-7-4-8(6-18-5-7)13(19-17)11-10(15)3-2-9(14)12(11)16/h2-6,13,19H,17H2,1H3. The molecule has 0 bridgehead atoms. The minimum absolute atomic E-state index is 0.135. The molecule has 0 aliphatic carbocycles. The first-order valence-electron chi connectivity index (χ1n) is 5.55. The molecule has 0 fully saturated rings. The van der Waals surface area contributed by atoms with Crippen molar-refractivity contribution >= 4 is 15.9 Å². The van der Waals surface area contributed by atoms with Crippen molar-refractivity contribution in [3.8, 4) is 0 Å². The number of nitrogens with two attached hydrogens (primary N) is 1. The van der Waals surface area contributed by atoms with E-state index in [1.54, 1.807) is 12.3 Å². The summed E-state index contributed by atoms with van der Waals surface area (Å²) < 4.78 is 28.1. The minimum atomic E-state index is -0.801. The van der Waals surface area contributed by atoms with E-state index in [1.165, 1.54) is 18.3 Å². The molecule has 0 amide bonds. The Bertz CT molecular complexity index is 604. The molecule has 3 nitrogen and oxygen atoms in total. The smallest absolute Gasteiger partial charge is 0.145 e. The molecule has 1 aromatic heterocycles. The highest BCUT2D eigenvalue weighted by molar-refractivity contribution is 9.10. The number of benzene rings is 1. The second-order valence-corrected chi connectivity index (χ2v) is 5.01. The second-order valence-electron chi connectivity index (χ2n) is 4.15. The number of hydrazine groups is 1. The first kappa shape index (κ1) is 14.0. The van der Waals surface area contributed by atoms with Crippen LogP contribution in [0.25, 0.3) is 0 Å². The van der Waals surface area contributed by atoms with Crippen LogP contribution < -0.4 is 11.3 Å². The largest absolute Gasteiger partial charge is 0.271 e. The van der Waals surface area contributed by atoms with Gasteiger partial charge in [-0.2, -0.15) is 0 Å². The average molecular weight is 328 g/mol. The number of pyridine rings is 1. The molecule has 2 rings (SSSR count). The summed E-state index contributed by atoms with van der Waals surface area (Å²) in [5, 5.41) is 0. The molecule has 6 heteroatoms. The molecule has 2 aromatic rings. The summed E-state index contributed by atoms with van der Waals surface area (Å²) in [6.45, 7) is 1.84. The van der Waals surface area contributed by atoms with Crippen molar-refractivity contribution in [1.29, 1.82) is 0 Å². The van der Waals surface area contributed by atoms with Crippen LogP contribution in [0.3, 0.4) is 0 Å². The third-order valence-electron chi connectivity index (χ3n) is 2.76. The first-order valence-corrected chi connectivity index (χ1v) is 6.35. The van der Waals surface area contributed by atoms with Crippen LogP contribution in [-0.4, -0.2) is 4.98 Å². The number of aromatic nitrogens is 1. The number of hydrogen-bond donors (Lipinski definition) is 2. The molecule has 100 valence electrons. The van der Waals surface area contributed by atoms with Gasteiger partial charge in [0.1, 0.15) is 11.6 Å². The maximum atomic E-state index is 14.1. The summed E-state index contributed by atoms with van der Waals surface area (Å²) in [4.78, 5) is 4.01. The van der Waals surface area contributed by atoms with Gasteiger partial charge in [-0.3, -0.25) is 10.8 Å². The van der Waals surface area contributed by atoms with Crippen molar-refractivity contribution < 1.29 is 8.78 Å². The van der Waals surface area contributed by atoms with E-state index in [0.717, 1.165) is 5.56 Å². The zero-order valence-electron chi connectivity index (χ0n) is 10.1. The molecule has 0 radical (unpaired) electrons. The highest BCUT2D eigenvalue weighted by atomic mass is 79.9. The van der Waals surface area contributed by atoms with E-state index >= 15 is 0 Å². The lowest BCUT2D eigenvalue weighted by atomic mass is 9.99. The van der Waals surface area contributed by atoms with Gasteiger partial charge in [0.15, 0.2) is 0 Å². The molecule has 3 N–H and O–H groups in total. The van der Waals surface area contributed by atoms with Crippen LogP contribution in [0.4, 0.5) is 8.78 Å². The molecule has 0 saturated heterocycles. The van der Waals surface area contributed by atoms with Crippen LogP contribution in [0, 0.1) is 18.6 Å².